The summed E-state index contributed by atoms with van der Waals surface area (Å²) >= 11 is 0. The Balaban J connectivity index is 1.65. The molecule has 6 nitrogen and oxygen atoms in total. The van der Waals surface area contributed by atoms with Crippen LogP contribution >= 0.6 is 0 Å². The highest BCUT2D eigenvalue weighted by Gasteiger charge is 2.21. The van der Waals surface area contributed by atoms with Gasteiger partial charge in [0.2, 0.25) is 11.8 Å². The molecule has 0 bridgehead atoms. The standard InChI is InChI=1S/C20H22N2O4/c1-3-25-17-7-4-15(5-8-17)12-20(24)21-16-6-9-18-19(13-16)26-11-10-22(18)14(2)23/h4-9,13H,3,10-12H2,1-2H3,(H,21,24). The first-order chi connectivity index (χ1) is 12.6. The summed E-state index contributed by atoms with van der Waals surface area (Å²) in [6.45, 7) is 5.05. The Labute approximate surface area is 152 Å². The first-order valence-electron chi connectivity index (χ1n) is 8.63. The Hall–Kier alpha value is -3.02. The number of rotatable bonds is 5. The predicted molar refractivity (Wildman–Crippen MR) is 99.9 cm³/mol. The van der Waals surface area contributed by atoms with Gasteiger partial charge in [0.05, 0.1) is 25.3 Å². The van der Waals surface area contributed by atoms with Crippen LogP contribution in [0.5, 0.6) is 11.5 Å². The maximum Gasteiger partial charge on any atom is 0.228 e. The number of carbonyl (C=O) groups excluding carboxylic acids is 2. The molecule has 0 radical (unpaired) electrons. The van der Waals surface area contributed by atoms with E-state index in [2.05, 4.69) is 5.32 Å². The van der Waals surface area contributed by atoms with Gasteiger partial charge in [-0.25, -0.2) is 0 Å². The van der Waals surface area contributed by atoms with Gasteiger partial charge in [-0.15, -0.1) is 0 Å². The quantitative estimate of drug-likeness (QED) is 0.896. The lowest BCUT2D eigenvalue weighted by Gasteiger charge is -2.29. The van der Waals surface area contributed by atoms with Crippen molar-refractivity contribution in [2.24, 2.45) is 0 Å². The van der Waals surface area contributed by atoms with Crippen molar-refractivity contribution in [2.75, 3.05) is 30.0 Å². The summed E-state index contributed by atoms with van der Waals surface area (Å²) in [6.07, 6.45) is 0.268. The van der Waals surface area contributed by atoms with Gasteiger partial charge in [0, 0.05) is 18.7 Å². The minimum atomic E-state index is -0.117. The normalized spacial score (nSPS) is 12.8. The van der Waals surface area contributed by atoms with Gasteiger partial charge in [-0.2, -0.15) is 0 Å². The fraction of sp³-hybridized carbons (Fsp3) is 0.300. The largest absolute Gasteiger partial charge is 0.494 e. The monoisotopic (exact) mass is 354 g/mol. The third kappa shape index (κ3) is 4.14. The van der Waals surface area contributed by atoms with Crippen molar-refractivity contribution in [1.82, 2.24) is 0 Å². The molecule has 2 aromatic rings. The Morgan fingerprint density at radius 2 is 1.96 bits per heavy atom. The number of benzene rings is 2. The highest BCUT2D eigenvalue weighted by molar-refractivity contribution is 5.96. The molecule has 0 aromatic heterocycles. The van der Waals surface area contributed by atoms with E-state index < -0.39 is 0 Å². The zero-order chi connectivity index (χ0) is 18.5. The first kappa shape index (κ1) is 17.8. The van der Waals surface area contributed by atoms with Crippen LogP contribution in [0.4, 0.5) is 11.4 Å². The fourth-order valence-corrected chi connectivity index (χ4v) is 2.89. The van der Waals surface area contributed by atoms with Crippen LogP contribution in [0.1, 0.15) is 19.4 Å². The molecular weight excluding hydrogens is 332 g/mol. The summed E-state index contributed by atoms with van der Waals surface area (Å²) in [7, 11) is 0. The van der Waals surface area contributed by atoms with E-state index in [-0.39, 0.29) is 18.2 Å². The van der Waals surface area contributed by atoms with Crippen LogP contribution in [0.15, 0.2) is 42.5 Å². The molecule has 26 heavy (non-hydrogen) atoms. The average molecular weight is 354 g/mol. The minimum Gasteiger partial charge on any atom is -0.494 e. The molecule has 0 fully saturated rings. The lowest BCUT2D eigenvalue weighted by Crippen LogP contribution is -2.36. The van der Waals surface area contributed by atoms with E-state index in [1.54, 1.807) is 23.1 Å². The zero-order valence-corrected chi connectivity index (χ0v) is 15.0. The van der Waals surface area contributed by atoms with E-state index >= 15 is 0 Å². The van der Waals surface area contributed by atoms with Gasteiger partial charge < -0.3 is 19.7 Å². The number of fused-ring (bicyclic) bond motifs is 1. The summed E-state index contributed by atoms with van der Waals surface area (Å²) < 4.78 is 11.0. The molecule has 1 aliphatic heterocycles. The van der Waals surface area contributed by atoms with E-state index in [1.807, 2.05) is 31.2 Å². The second-order valence-electron chi connectivity index (χ2n) is 6.00. The smallest absolute Gasteiger partial charge is 0.228 e. The van der Waals surface area contributed by atoms with Crippen molar-refractivity contribution in [3.05, 3.63) is 48.0 Å². The summed E-state index contributed by atoms with van der Waals surface area (Å²) in [5.74, 6) is 1.25. The molecule has 0 saturated heterocycles. The Morgan fingerprint density at radius 3 is 2.65 bits per heavy atom. The lowest BCUT2D eigenvalue weighted by molar-refractivity contribution is -0.117. The van der Waals surface area contributed by atoms with Crippen molar-refractivity contribution in [1.29, 1.82) is 0 Å². The predicted octanol–water partition coefficient (Wildman–Crippen LogP) is 3.01. The van der Waals surface area contributed by atoms with Crippen LogP contribution in [0.25, 0.3) is 0 Å². The summed E-state index contributed by atoms with van der Waals surface area (Å²) in [5, 5.41) is 2.87. The molecule has 3 rings (SSSR count). The number of hydrogen-bond donors (Lipinski definition) is 1. The van der Waals surface area contributed by atoms with Crippen molar-refractivity contribution >= 4 is 23.2 Å². The summed E-state index contributed by atoms with van der Waals surface area (Å²) in [4.78, 5) is 25.6. The highest BCUT2D eigenvalue weighted by atomic mass is 16.5. The molecule has 1 heterocycles. The first-order valence-corrected chi connectivity index (χ1v) is 8.63. The van der Waals surface area contributed by atoms with E-state index in [4.69, 9.17) is 9.47 Å². The lowest BCUT2D eigenvalue weighted by atomic mass is 10.1. The molecular formula is C20H22N2O4. The minimum absolute atomic E-state index is 0.0261. The molecule has 0 spiro atoms. The topological polar surface area (TPSA) is 67.9 Å². The molecule has 0 atom stereocenters. The van der Waals surface area contributed by atoms with Crippen LogP contribution in [-0.4, -0.2) is 31.6 Å². The maximum absolute atomic E-state index is 12.3. The van der Waals surface area contributed by atoms with Gasteiger partial charge in [0.25, 0.3) is 0 Å². The van der Waals surface area contributed by atoms with E-state index in [1.165, 1.54) is 6.92 Å². The number of hydrogen-bond acceptors (Lipinski definition) is 4. The Kier molecular flexibility index (Phi) is 5.41. The van der Waals surface area contributed by atoms with Crippen LogP contribution < -0.4 is 19.7 Å². The van der Waals surface area contributed by atoms with Crippen LogP contribution in [0, 0.1) is 0 Å². The number of nitrogens with zero attached hydrogens (tertiary/aromatic N) is 1. The molecule has 0 aliphatic carbocycles. The van der Waals surface area contributed by atoms with Gasteiger partial charge >= 0.3 is 0 Å². The van der Waals surface area contributed by atoms with E-state index in [0.717, 1.165) is 17.0 Å². The Morgan fingerprint density at radius 1 is 1.19 bits per heavy atom. The molecule has 2 amide bonds. The maximum atomic E-state index is 12.3. The van der Waals surface area contributed by atoms with Crippen molar-refractivity contribution < 1.29 is 19.1 Å². The number of amides is 2. The van der Waals surface area contributed by atoms with Gasteiger partial charge in [-0.1, -0.05) is 12.1 Å². The second-order valence-corrected chi connectivity index (χ2v) is 6.00. The SMILES string of the molecule is CCOc1ccc(CC(=O)Nc2ccc3c(c2)OCCN3C(C)=O)cc1. The molecule has 2 aromatic carbocycles. The summed E-state index contributed by atoms with van der Waals surface area (Å²) in [6, 6.07) is 12.8. The van der Waals surface area contributed by atoms with E-state index in [9.17, 15) is 9.59 Å². The molecule has 1 aliphatic rings. The molecule has 136 valence electrons. The molecule has 1 N–H and O–H groups in total. The van der Waals surface area contributed by atoms with Gasteiger partial charge in [-0.3, -0.25) is 9.59 Å². The van der Waals surface area contributed by atoms with Crippen molar-refractivity contribution in [2.45, 2.75) is 20.3 Å². The van der Waals surface area contributed by atoms with Crippen LogP contribution in [-0.2, 0) is 16.0 Å². The number of ether oxygens (including phenoxy) is 2. The van der Waals surface area contributed by atoms with Crippen molar-refractivity contribution in [3.63, 3.8) is 0 Å². The van der Waals surface area contributed by atoms with Gasteiger partial charge in [0.1, 0.15) is 18.1 Å². The fourth-order valence-electron chi connectivity index (χ4n) is 2.89. The van der Waals surface area contributed by atoms with E-state index in [0.29, 0.717) is 31.2 Å². The van der Waals surface area contributed by atoms with Crippen LogP contribution in [0.3, 0.4) is 0 Å². The number of nitrogens with one attached hydrogen (secondary N) is 1. The Bertz CT molecular complexity index is 802. The second kappa shape index (κ2) is 7.91. The zero-order valence-electron chi connectivity index (χ0n) is 15.0. The number of anilines is 2. The third-order valence-electron chi connectivity index (χ3n) is 4.09. The highest BCUT2D eigenvalue weighted by Crippen LogP contribution is 2.34. The molecule has 0 unspecified atom stereocenters. The summed E-state index contributed by atoms with van der Waals surface area (Å²) in [5.41, 5.74) is 2.28. The molecule has 0 saturated carbocycles. The third-order valence-corrected chi connectivity index (χ3v) is 4.09. The van der Waals surface area contributed by atoms with Crippen LogP contribution in [0.2, 0.25) is 0 Å². The molecule has 6 heteroatoms. The number of carbonyl (C=O) groups is 2. The average Bonchev–Trinajstić information content (AvgIpc) is 2.62. The van der Waals surface area contributed by atoms with Crippen molar-refractivity contribution in [3.8, 4) is 11.5 Å². The van der Waals surface area contributed by atoms with Gasteiger partial charge in [-0.05, 0) is 36.8 Å². The van der Waals surface area contributed by atoms with Gasteiger partial charge in [0.15, 0.2) is 0 Å².